The SMILES string of the molecule is CCC(CC)(CNC(=O)C1CSc2ccccc21)C(=O)O. The van der Waals surface area contributed by atoms with Crippen molar-refractivity contribution in [3.63, 3.8) is 0 Å². The summed E-state index contributed by atoms with van der Waals surface area (Å²) < 4.78 is 0. The summed E-state index contributed by atoms with van der Waals surface area (Å²) in [5.74, 6) is -0.357. The third-order valence-corrected chi connectivity index (χ3v) is 5.61. The van der Waals surface area contributed by atoms with Crippen LogP contribution in [0, 0.1) is 5.41 Å². The molecule has 0 saturated carbocycles. The lowest BCUT2D eigenvalue weighted by molar-refractivity contribution is -0.149. The quantitative estimate of drug-likeness (QED) is 0.848. The van der Waals surface area contributed by atoms with E-state index in [0.717, 1.165) is 16.2 Å². The Morgan fingerprint density at radius 3 is 2.62 bits per heavy atom. The van der Waals surface area contributed by atoms with Crippen LogP contribution < -0.4 is 5.32 Å². The molecule has 1 heterocycles. The standard InChI is InChI=1S/C16H21NO3S/c1-3-16(4-2,15(19)20)10-17-14(18)12-9-21-13-8-6-5-7-11(12)13/h5-8,12H,3-4,9-10H2,1-2H3,(H,17,18)(H,19,20). The number of carbonyl (C=O) groups excluding carboxylic acids is 1. The van der Waals surface area contributed by atoms with Crippen molar-refractivity contribution < 1.29 is 14.7 Å². The number of benzene rings is 1. The molecule has 0 saturated heterocycles. The van der Waals surface area contributed by atoms with Crippen molar-refractivity contribution in [2.75, 3.05) is 12.3 Å². The average molecular weight is 307 g/mol. The van der Waals surface area contributed by atoms with Gasteiger partial charge in [0.05, 0.1) is 11.3 Å². The Bertz CT molecular complexity index is 540. The van der Waals surface area contributed by atoms with Crippen molar-refractivity contribution >= 4 is 23.6 Å². The number of rotatable bonds is 6. The molecular weight excluding hydrogens is 286 g/mol. The zero-order valence-electron chi connectivity index (χ0n) is 12.4. The van der Waals surface area contributed by atoms with Gasteiger partial charge in [0.25, 0.3) is 0 Å². The molecule has 1 atom stereocenters. The fourth-order valence-corrected chi connectivity index (χ4v) is 3.87. The molecule has 0 aromatic heterocycles. The third kappa shape index (κ3) is 3.07. The van der Waals surface area contributed by atoms with Crippen LogP contribution in [0.5, 0.6) is 0 Å². The van der Waals surface area contributed by atoms with Crippen LogP contribution in [0.3, 0.4) is 0 Å². The molecule has 2 N–H and O–H groups in total. The maximum absolute atomic E-state index is 12.4. The van der Waals surface area contributed by atoms with Gasteiger partial charge in [0, 0.05) is 17.2 Å². The zero-order valence-corrected chi connectivity index (χ0v) is 13.2. The number of amides is 1. The molecular formula is C16H21NO3S. The predicted octanol–water partition coefficient (Wildman–Crippen LogP) is 2.88. The number of nitrogens with one attached hydrogen (secondary N) is 1. The van der Waals surface area contributed by atoms with Crippen LogP contribution in [0.2, 0.25) is 0 Å². The number of hydrogen-bond donors (Lipinski definition) is 2. The van der Waals surface area contributed by atoms with Crippen molar-refractivity contribution in [2.24, 2.45) is 5.41 Å². The molecule has 5 heteroatoms. The van der Waals surface area contributed by atoms with Crippen LogP contribution in [0.25, 0.3) is 0 Å². The van der Waals surface area contributed by atoms with E-state index in [-0.39, 0.29) is 18.4 Å². The molecule has 0 fully saturated rings. The van der Waals surface area contributed by atoms with E-state index in [2.05, 4.69) is 5.32 Å². The Morgan fingerprint density at radius 2 is 2.00 bits per heavy atom. The molecule has 21 heavy (non-hydrogen) atoms. The normalized spacial score (nSPS) is 17.3. The van der Waals surface area contributed by atoms with Crippen LogP contribution in [0.1, 0.15) is 38.2 Å². The second-order valence-electron chi connectivity index (χ2n) is 5.41. The van der Waals surface area contributed by atoms with E-state index in [1.54, 1.807) is 11.8 Å². The minimum Gasteiger partial charge on any atom is -0.481 e. The highest BCUT2D eigenvalue weighted by Gasteiger charge is 2.36. The van der Waals surface area contributed by atoms with Crippen LogP contribution in [-0.4, -0.2) is 29.3 Å². The van der Waals surface area contributed by atoms with Crippen molar-refractivity contribution in [1.29, 1.82) is 0 Å². The second kappa shape index (κ2) is 6.52. The first-order chi connectivity index (χ1) is 10.0. The number of carboxylic acids is 1. The summed E-state index contributed by atoms with van der Waals surface area (Å²) in [6.45, 7) is 3.90. The minimum atomic E-state index is -0.860. The van der Waals surface area contributed by atoms with Crippen molar-refractivity contribution in [3.8, 4) is 0 Å². The number of carbonyl (C=O) groups is 2. The largest absolute Gasteiger partial charge is 0.481 e. The first-order valence-corrected chi connectivity index (χ1v) is 8.25. The van der Waals surface area contributed by atoms with Gasteiger partial charge in [0.2, 0.25) is 5.91 Å². The van der Waals surface area contributed by atoms with Crippen LogP contribution >= 0.6 is 11.8 Å². The molecule has 114 valence electrons. The monoisotopic (exact) mass is 307 g/mol. The lowest BCUT2D eigenvalue weighted by Crippen LogP contribution is -2.43. The Morgan fingerprint density at radius 1 is 1.33 bits per heavy atom. The highest BCUT2D eigenvalue weighted by molar-refractivity contribution is 7.99. The van der Waals surface area contributed by atoms with Gasteiger partial charge in [-0.2, -0.15) is 0 Å². The van der Waals surface area contributed by atoms with Crippen molar-refractivity contribution in [3.05, 3.63) is 29.8 Å². The minimum absolute atomic E-state index is 0.0695. The molecule has 0 aliphatic carbocycles. The van der Waals surface area contributed by atoms with Gasteiger partial charge < -0.3 is 10.4 Å². The Labute approximate surface area is 129 Å². The van der Waals surface area contributed by atoms with Crippen molar-refractivity contribution in [1.82, 2.24) is 5.32 Å². The van der Waals surface area contributed by atoms with Crippen LogP contribution in [-0.2, 0) is 9.59 Å². The Kier molecular flexibility index (Phi) is 4.93. The van der Waals surface area contributed by atoms with Gasteiger partial charge in [-0.15, -0.1) is 11.8 Å². The lowest BCUT2D eigenvalue weighted by atomic mass is 9.82. The maximum atomic E-state index is 12.4. The number of fused-ring (bicyclic) bond motifs is 1. The molecule has 1 aliphatic rings. The molecule has 4 nitrogen and oxygen atoms in total. The number of carboxylic acid groups (broad SMARTS) is 1. The lowest BCUT2D eigenvalue weighted by Gasteiger charge is -2.27. The van der Waals surface area contributed by atoms with Gasteiger partial charge in [-0.05, 0) is 24.5 Å². The molecule has 1 amide bonds. The highest BCUT2D eigenvalue weighted by atomic mass is 32.2. The van der Waals surface area contributed by atoms with Gasteiger partial charge in [0.15, 0.2) is 0 Å². The van der Waals surface area contributed by atoms with E-state index in [1.807, 2.05) is 38.1 Å². The Balaban J connectivity index is 2.05. The zero-order chi connectivity index (χ0) is 15.5. The fraction of sp³-hybridized carbons (Fsp3) is 0.500. The molecule has 1 unspecified atom stereocenters. The summed E-state index contributed by atoms with van der Waals surface area (Å²) in [7, 11) is 0. The molecule has 1 aliphatic heterocycles. The maximum Gasteiger partial charge on any atom is 0.311 e. The summed E-state index contributed by atoms with van der Waals surface area (Å²) in [4.78, 5) is 25.0. The first-order valence-electron chi connectivity index (χ1n) is 7.27. The van der Waals surface area contributed by atoms with E-state index < -0.39 is 11.4 Å². The molecule has 0 bridgehead atoms. The molecule has 1 aromatic carbocycles. The van der Waals surface area contributed by atoms with E-state index in [1.165, 1.54) is 0 Å². The highest BCUT2D eigenvalue weighted by Crippen LogP contribution is 2.39. The number of hydrogen-bond acceptors (Lipinski definition) is 3. The fourth-order valence-electron chi connectivity index (χ4n) is 2.64. The van der Waals surface area contributed by atoms with E-state index in [4.69, 9.17) is 0 Å². The smallest absolute Gasteiger partial charge is 0.311 e. The summed E-state index contributed by atoms with van der Waals surface area (Å²) in [5, 5.41) is 12.3. The topological polar surface area (TPSA) is 66.4 Å². The van der Waals surface area contributed by atoms with Gasteiger partial charge in [0.1, 0.15) is 0 Å². The second-order valence-corrected chi connectivity index (χ2v) is 6.47. The first kappa shape index (κ1) is 15.9. The van der Waals surface area contributed by atoms with Crippen molar-refractivity contribution in [2.45, 2.75) is 37.5 Å². The van der Waals surface area contributed by atoms with Gasteiger partial charge in [-0.1, -0.05) is 32.0 Å². The summed E-state index contributed by atoms with van der Waals surface area (Å²) in [5.41, 5.74) is 0.190. The van der Waals surface area contributed by atoms with Gasteiger partial charge in [-0.3, -0.25) is 9.59 Å². The van der Waals surface area contributed by atoms with E-state index in [9.17, 15) is 14.7 Å². The molecule has 2 rings (SSSR count). The van der Waals surface area contributed by atoms with Crippen LogP contribution in [0.15, 0.2) is 29.2 Å². The predicted molar refractivity (Wildman–Crippen MR) is 83.6 cm³/mol. The molecule has 1 aromatic rings. The number of aliphatic carboxylic acids is 1. The van der Waals surface area contributed by atoms with Crippen LogP contribution in [0.4, 0.5) is 0 Å². The molecule has 0 spiro atoms. The van der Waals surface area contributed by atoms with E-state index in [0.29, 0.717) is 12.8 Å². The third-order valence-electron chi connectivity index (χ3n) is 4.42. The average Bonchev–Trinajstić information content (AvgIpc) is 2.92. The van der Waals surface area contributed by atoms with Gasteiger partial charge in [-0.25, -0.2) is 0 Å². The number of thioether (sulfide) groups is 1. The summed E-state index contributed by atoms with van der Waals surface area (Å²) >= 11 is 1.68. The summed E-state index contributed by atoms with van der Waals surface area (Å²) in [6, 6.07) is 7.90. The Hall–Kier alpha value is -1.49. The summed E-state index contributed by atoms with van der Waals surface area (Å²) in [6.07, 6.45) is 1.02. The molecule has 0 radical (unpaired) electrons. The van der Waals surface area contributed by atoms with E-state index >= 15 is 0 Å². The van der Waals surface area contributed by atoms with Gasteiger partial charge >= 0.3 is 5.97 Å².